The van der Waals surface area contributed by atoms with E-state index in [0.29, 0.717) is 23.0 Å². The molecule has 3 aromatic carbocycles. The van der Waals surface area contributed by atoms with E-state index in [1.807, 2.05) is 36.4 Å². The summed E-state index contributed by atoms with van der Waals surface area (Å²) >= 11 is 12.8. The molecule has 2 aliphatic heterocycles. The van der Waals surface area contributed by atoms with E-state index in [4.69, 9.17) is 27.9 Å². The van der Waals surface area contributed by atoms with Gasteiger partial charge in [0.25, 0.3) is 0 Å². The Labute approximate surface area is 255 Å². The number of piperidine rings is 2. The first kappa shape index (κ1) is 29.9. The molecule has 6 heteroatoms. The number of benzene rings is 3. The lowest BCUT2D eigenvalue weighted by atomic mass is 9.71. The van der Waals surface area contributed by atoms with Crippen molar-refractivity contribution < 1.29 is 9.53 Å². The lowest BCUT2D eigenvalue weighted by Gasteiger charge is -2.44. The van der Waals surface area contributed by atoms with Crippen LogP contribution in [0.3, 0.4) is 0 Å². The number of ether oxygens (including phenoxy) is 1. The molecule has 1 unspecified atom stereocenters. The van der Waals surface area contributed by atoms with Crippen molar-refractivity contribution in [2.75, 3.05) is 39.8 Å². The molecule has 0 radical (unpaired) electrons. The second kappa shape index (κ2) is 14.1. The van der Waals surface area contributed by atoms with Gasteiger partial charge in [-0.2, -0.15) is 0 Å². The molecule has 0 saturated carbocycles. The maximum absolute atomic E-state index is 13.5. The Morgan fingerprint density at radius 3 is 2.46 bits per heavy atom. The molecular weight excluding hydrogens is 551 g/mol. The molecule has 2 fully saturated rings. The van der Waals surface area contributed by atoms with Gasteiger partial charge in [-0.1, -0.05) is 71.7 Å². The van der Waals surface area contributed by atoms with Gasteiger partial charge < -0.3 is 14.5 Å². The fourth-order valence-corrected chi connectivity index (χ4v) is 7.12. The zero-order chi connectivity index (χ0) is 28.7. The van der Waals surface area contributed by atoms with Crippen molar-refractivity contribution in [3.63, 3.8) is 0 Å². The molecule has 2 aliphatic rings. The van der Waals surface area contributed by atoms with Crippen LogP contribution in [0.5, 0.6) is 5.75 Å². The van der Waals surface area contributed by atoms with E-state index in [9.17, 15) is 4.79 Å². The quantitative estimate of drug-likeness (QED) is 0.240. The summed E-state index contributed by atoms with van der Waals surface area (Å²) in [6.45, 7) is 4.94. The van der Waals surface area contributed by atoms with Crippen molar-refractivity contribution >= 4 is 29.1 Å². The standard InChI is InChI=1S/C35H42Cl2N2O2/c1-41-31-11-5-10-29(23-31)24-34(40)39-19-7-17-35(26-39,30-12-13-32(36)33(37)25-30)16-6-18-38-20-14-28(15-21-38)22-27-8-3-2-4-9-27/h2-5,8-13,23,25,28H,6-7,14-22,24,26H2,1H3. The number of carbonyl (C=O) groups is 1. The number of carbonyl (C=O) groups excluding carboxylic acids is 1. The summed E-state index contributed by atoms with van der Waals surface area (Å²) in [4.78, 5) is 18.2. The van der Waals surface area contributed by atoms with Crippen LogP contribution in [0.4, 0.5) is 0 Å². The smallest absolute Gasteiger partial charge is 0.227 e. The van der Waals surface area contributed by atoms with Gasteiger partial charge in [0.05, 0.1) is 23.6 Å². The summed E-state index contributed by atoms with van der Waals surface area (Å²) in [6, 6.07) is 24.8. The Balaban J connectivity index is 1.22. The molecule has 1 atom stereocenters. The molecule has 5 rings (SSSR count). The third-order valence-corrected chi connectivity index (χ3v) is 9.89. The molecule has 2 saturated heterocycles. The maximum Gasteiger partial charge on any atom is 0.227 e. The summed E-state index contributed by atoms with van der Waals surface area (Å²) in [6.07, 6.45) is 8.25. The zero-order valence-electron chi connectivity index (χ0n) is 24.2. The van der Waals surface area contributed by atoms with Crippen molar-refractivity contribution in [1.82, 2.24) is 9.80 Å². The highest BCUT2D eigenvalue weighted by molar-refractivity contribution is 6.42. The second-order valence-electron chi connectivity index (χ2n) is 11.9. The van der Waals surface area contributed by atoms with Crippen LogP contribution in [0.1, 0.15) is 55.2 Å². The van der Waals surface area contributed by atoms with Crippen LogP contribution in [0, 0.1) is 5.92 Å². The number of hydrogen-bond acceptors (Lipinski definition) is 3. The molecule has 218 valence electrons. The Bertz CT molecular complexity index is 1290. The molecule has 0 aromatic heterocycles. The summed E-state index contributed by atoms with van der Waals surface area (Å²) in [5, 5.41) is 1.16. The largest absolute Gasteiger partial charge is 0.497 e. The van der Waals surface area contributed by atoms with E-state index >= 15 is 0 Å². The van der Waals surface area contributed by atoms with Crippen LogP contribution in [0.25, 0.3) is 0 Å². The third-order valence-electron chi connectivity index (χ3n) is 9.16. The molecule has 3 aromatic rings. The lowest BCUT2D eigenvalue weighted by molar-refractivity contribution is -0.132. The summed E-state index contributed by atoms with van der Waals surface area (Å²) in [7, 11) is 1.66. The van der Waals surface area contributed by atoms with E-state index in [-0.39, 0.29) is 11.3 Å². The average Bonchev–Trinajstić information content (AvgIpc) is 3.00. The van der Waals surface area contributed by atoms with Crippen molar-refractivity contribution in [2.24, 2.45) is 5.92 Å². The summed E-state index contributed by atoms with van der Waals surface area (Å²) < 4.78 is 5.37. The molecule has 0 aliphatic carbocycles. The Morgan fingerprint density at radius 2 is 1.71 bits per heavy atom. The SMILES string of the molecule is COc1cccc(CC(=O)N2CCCC(CCCN3CCC(Cc4ccccc4)CC3)(c3ccc(Cl)c(Cl)c3)C2)c1. The van der Waals surface area contributed by atoms with Gasteiger partial charge in [-0.25, -0.2) is 0 Å². The fourth-order valence-electron chi connectivity index (χ4n) is 6.83. The Morgan fingerprint density at radius 1 is 0.927 bits per heavy atom. The predicted molar refractivity (Wildman–Crippen MR) is 169 cm³/mol. The topological polar surface area (TPSA) is 32.8 Å². The maximum atomic E-state index is 13.5. The lowest BCUT2D eigenvalue weighted by Crippen LogP contribution is -2.49. The average molecular weight is 594 g/mol. The molecule has 41 heavy (non-hydrogen) atoms. The van der Waals surface area contributed by atoms with E-state index < -0.39 is 0 Å². The van der Waals surface area contributed by atoms with Crippen LogP contribution < -0.4 is 4.74 Å². The van der Waals surface area contributed by atoms with Crippen molar-refractivity contribution in [2.45, 2.75) is 56.8 Å². The van der Waals surface area contributed by atoms with Crippen LogP contribution in [0.15, 0.2) is 72.8 Å². The van der Waals surface area contributed by atoms with Crippen LogP contribution in [-0.2, 0) is 23.1 Å². The number of rotatable bonds is 10. The minimum Gasteiger partial charge on any atom is -0.497 e. The van der Waals surface area contributed by atoms with Gasteiger partial charge in [-0.05, 0) is 111 Å². The van der Waals surface area contributed by atoms with Crippen molar-refractivity contribution in [1.29, 1.82) is 0 Å². The Hall–Kier alpha value is -2.53. The minimum absolute atomic E-state index is 0.123. The Kier molecular flexibility index (Phi) is 10.3. The predicted octanol–water partition coefficient (Wildman–Crippen LogP) is 7.84. The monoisotopic (exact) mass is 592 g/mol. The number of methoxy groups -OCH3 is 1. The highest BCUT2D eigenvalue weighted by Crippen LogP contribution is 2.41. The first-order chi connectivity index (χ1) is 19.9. The molecule has 0 N–H and O–H groups in total. The van der Waals surface area contributed by atoms with E-state index in [2.05, 4.69) is 46.2 Å². The molecule has 0 spiro atoms. The van der Waals surface area contributed by atoms with Gasteiger partial charge in [0.1, 0.15) is 5.75 Å². The number of nitrogens with zero attached hydrogens (tertiary/aromatic N) is 2. The first-order valence-corrected chi connectivity index (χ1v) is 15.8. The number of amides is 1. The van der Waals surface area contributed by atoms with Crippen molar-refractivity contribution in [3.05, 3.63) is 99.5 Å². The highest BCUT2D eigenvalue weighted by Gasteiger charge is 2.38. The molecule has 2 heterocycles. The number of halogens is 2. The van der Waals surface area contributed by atoms with Gasteiger partial charge in [0, 0.05) is 18.5 Å². The second-order valence-corrected chi connectivity index (χ2v) is 12.7. The molecular formula is C35H42Cl2N2O2. The van der Waals surface area contributed by atoms with Gasteiger partial charge in [-0.15, -0.1) is 0 Å². The molecule has 1 amide bonds. The molecule has 0 bridgehead atoms. The number of likely N-dealkylation sites (tertiary alicyclic amines) is 2. The summed E-state index contributed by atoms with van der Waals surface area (Å²) in [5.41, 5.74) is 3.52. The first-order valence-electron chi connectivity index (χ1n) is 15.1. The minimum atomic E-state index is -0.123. The molecule has 4 nitrogen and oxygen atoms in total. The highest BCUT2D eigenvalue weighted by atomic mass is 35.5. The fraction of sp³-hybridized carbons (Fsp3) is 0.457. The van der Waals surface area contributed by atoms with E-state index in [1.54, 1.807) is 7.11 Å². The summed E-state index contributed by atoms with van der Waals surface area (Å²) in [5.74, 6) is 1.73. The third kappa shape index (κ3) is 7.85. The van der Waals surface area contributed by atoms with Crippen LogP contribution >= 0.6 is 23.2 Å². The van der Waals surface area contributed by atoms with Gasteiger partial charge >= 0.3 is 0 Å². The van der Waals surface area contributed by atoms with Crippen LogP contribution in [-0.4, -0.2) is 55.5 Å². The van der Waals surface area contributed by atoms with Crippen molar-refractivity contribution in [3.8, 4) is 5.75 Å². The van der Waals surface area contributed by atoms with Gasteiger partial charge in [0.2, 0.25) is 5.91 Å². The normalized spacial score (nSPS) is 20.2. The number of hydrogen-bond donors (Lipinski definition) is 0. The van der Waals surface area contributed by atoms with E-state index in [1.165, 1.54) is 43.5 Å². The van der Waals surface area contributed by atoms with Crippen LogP contribution in [0.2, 0.25) is 10.0 Å². The van der Waals surface area contributed by atoms with E-state index in [0.717, 1.165) is 56.0 Å². The van der Waals surface area contributed by atoms with Gasteiger partial charge in [0.15, 0.2) is 0 Å². The zero-order valence-corrected chi connectivity index (χ0v) is 25.7. The van der Waals surface area contributed by atoms with Gasteiger partial charge in [-0.3, -0.25) is 4.79 Å².